The molecule has 1 amide bonds. The zero-order valence-electron chi connectivity index (χ0n) is 9.33. The number of carbonyl (C=O) groups excluding carboxylic acids is 1. The number of carbonyl (C=O) groups is 1. The fourth-order valence-electron chi connectivity index (χ4n) is 2.55. The number of benzene rings is 1. The van der Waals surface area contributed by atoms with Gasteiger partial charge < -0.3 is 10.2 Å². The average molecular weight is 216 g/mol. The van der Waals surface area contributed by atoms with Gasteiger partial charge in [-0.1, -0.05) is 6.07 Å². The quantitative estimate of drug-likeness (QED) is 0.770. The molecule has 3 heteroatoms. The van der Waals surface area contributed by atoms with Gasteiger partial charge in [-0.15, -0.1) is 0 Å². The standard InChI is InChI=1S/C13H16N2O/c16-13-2-1-7-15(13)12-4-3-11-9-14-6-5-10(11)8-12/h3-4,8,14H,1-2,5-7,9H2. The van der Waals surface area contributed by atoms with Crippen molar-refractivity contribution >= 4 is 11.6 Å². The molecule has 0 saturated carbocycles. The molecule has 2 aliphatic heterocycles. The molecule has 1 N–H and O–H groups in total. The minimum atomic E-state index is 0.272. The third kappa shape index (κ3) is 1.61. The molecule has 0 bridgehead atoms. The highest BCUT2D eigenvalue weighted by Gasteiger charge is 2.22. The molecule has 1 aromatic rings. The number of anilines is 1. The van der Waals surface area contributed by atoms with Crippen molar-refractivity contribution in [3.05, 3.63) is 29.3 Å². The van der Waals surface area contributed by atoms with Crippen LogP contribution in [0.1, 0.15) is 24.0 Å². The maximum atomic E-state index is 11.7. The number of fused-ring (bicyclic) bond motifs is 1. The highest BCUT2D eigenvalue weighted by Crippen LogP contribution is 2.25. The number of hydrogen-bond donors (Lipinski definition) is 1. The van der Waals surface area contributed by atoms with Gasteiger partial charge in [0.05, 0.1) is 0 Å². The summed E-state index contributed by atoms with van der Waals surface area (Å²) in [5, 5.41) is 3.36. The third-order valence-electron chi connectivity index (χ3n) is 3.46. The van der Waals surface area contributed by atoms with Crippen molar-refractivity contribution in [2.75, 3.05) is 18.0 Å². The summed E-state index contributed by atoms with van der Waals surface area (Å²) >= 11 is 0. The number of rotatable bonds is 1. The normalized spacial score (nSPS) is 20.0. The molecule has 2 heterocycles. The Morgan fingerprint density at radius 1 is 1.19 bits per heavy atom. The molecule has 0 aliphatic carbocycles. The fraction of sp³-hybridized carbons (Fsp3) is 0.462. The highest BCUT2D eigenvalue weighted by atomic mass is 16.2. The number of nitrogens with zero attached hydrogens (tertiary/aromatic N) is 1. The van der Waals surface area contributed by atoms with Crippen LogP contribution in [0.15, 0.2) is 18.2 Å². The van der Waals surface area contributed by atoms with E-state index < -0.39 is 0 Å². The van der Waals surface area contributed by atoms with E-state index in [2.05, 4.69) is 23.5 Å². The van der Waals surface area contributed by atoms with Crippen molar-refractivity contribution < 1.29 is 4.79 Å². The summed E-state index contributed by atoms with van der Waals surface area (Å²) in [5.41, 5.74) is 3.86. The van der Waals surface area contributed by atoms with Gasteiger partial charge in [-0.3, -0.25) is 4.79 Å². The highest BCUT2D eigenvalue weighted by molar-refractivity contribution is 5.95. The Morgan fingerprint density at radius 3 is 2.94 bits per heavy atom. The van der Waals surface area contributed by atoms with Crippen LogP contribution in [0.3, 0.4) is 0 Å². The smallest absolute Gasteiger partial charge is 0.227 e. The predicted molar refractivity (Wildman–Crippen MR) is 63.4 cm³/mol. The predicted octanol–water partition coefficient (Wildman–Crippen LogP) is 1.46. The van der Waals surface area contributed by atoms with Crippen molar-refractivity contribution in [3.8, 4) is 0 Å². The summed E-state index contributed by atoms with van der Waals surface area (Å²) in [6, 6.07) is 6.43. The van der Waals surface area contributed by atoms with Gasteiger partial charge in [0.15, 0.2) is 0 Å². The Labute approximate surface area is 95.4 Å². The second-order valence-corrected chi connectivity index (χ2v) is 4.53. The summed E-state index contributed by atoms with van der Waals surface area (Å²) in [5.74, 6) is 0.272. The largest absolute Gasteiger partial charge is 0.312 e. The maximum absolute atomic E-state index is 11.7. The first-order chi connectivity index (χ1) is 7.84. The monoisotopic (exact) mass is 216 g/mol. The molecule has 84 valence electrons. The van der Waals surface area contributed by atoms with Crippen LogP contribution in [0.2, 0.25) is 0 Å². The van der Waals surface area contributed by atoms with Crippen LogP contribution in [0.25, 0.3) is 0 Å². The molecule has 0 spiro atoms. The topological polar surface area (TPSA) is 32.3 Å². The second-order valence-electron chi connectivity index (χ2n) is 4.53. The van der Waals surface area contributed by atoms with Gasteiger partial charge in [-0.05, 0) is 42.6 Å². The van der Waals surface area contributed by atoms with Crippen LogP contribution in [0.5, 0.6) is 0 Å². The van der Waals surface area contributed by atoms with Gasteiger partial charge in [0.1, 0.15) is 0 Å². The molecular formula is C13H16N2O. The lowest BCUT2D eigenvalue weighted by Crippen LogP contribution is -2.26. The Hall–Kier alpha value is -1.35. The van der Waals surface area contributed by atoms with Crippen LogP contribution in [-0.2, 0) is 17.8 Å². The van der Waals surface area contributed by atoms with Gasteiger partial charge in [0, 0.05) is 25.2 Å². The van der Waals surface area contributed by atoms with E-state index >= 15 is 0 Å². The van der Waals surface area contributed by atoms with E-state index in [1.807, 2.05) is 4.90 Å². The van der Waals surface area contributed by atoms with Crippen molar-refractivity contribution in [1.29, 1.82) is 0 Å². The molecule has 1 saturated heterocycles. The Balaban J connectivity index is 1.93. The zero-order chi connectivity index (χ0) is 11.0. The van der Waals surface area contributed by atoms with Crippen molar-refractivity contribution in [1.82, 2.24) is 5.32 Å². The molecule has 3 rings (SSSR count). The van der Waals surface area contributed by atoms with E-state index in [-0.39, 0.29) is 5.91 Å². The lowest BCUT2D eigenvalue weighted by Gasteiger charge is -2.21. The van der Waals surface area contributed by atoms with Crippen LogP contribution >= 0.6 is 0 Å². The number of amides is 1. The molecule has 0 radical (unpaired) electrons. The molecule has 1 fully saturated rings. The Morgan fingerprint density at radius 2 is 2.12 bits per heavy atom. The fourth-order valence-corrected chi connectivity index (χ4v) is 2.55. The first-order valence-corrected chi connectivity index (χ1v) is 5.97. The average Bonchev–Trinajstić information content (AvgIpc) is 2.75. The number of hydrogen-bond acceptors (Lipinski definition) is 2. The van der Waals surface area contributed by atoms with Gasteiger partial charge in [-0.25, -0.2) is 0 Å². The van der Waals surface area contributed by atoms with Crippen LogP contribution in [-0.4, -0.2) is 19.0 Å². The molecule has 0 aromatic heterocycles. The summed E-state index contributed by atoms with van der Waals surface area (Å²) in [4.78, 5) is 13.6. The van der Waals surface area contributed by atoms with E-state index in [9.17, 15) is 4.79 Å². The number of nitrogens with one attached hydrogen (secondary N) is 1. The third-order valence-corrected chi connectivity index (χ3v) is 3.46. The van der Waals surface area contributed by atoms with Crippen molar-refractivity contribution in [2.24, 2.45) is 0 Å². The van der Waals surface area contributed by atoms with E-state index in [0.29, 0.717) is 6.42 Å². The van der Waals surface area contributed by atoms with E-state index in [0.717, 1.165) is 38.2 Å². The minimum absolute atomic E-state index is 0.272. The van der Waals surface area contributed by atoms with Crippen molar-refractivity contribution in [2.45, 2.75) is 25.8 Å². The molecule has 2 aliphatic rings. The summed E-state index contributed by atoms with van der Waals surface area (Å²) in [6.45, 7) is 2.89. The summed E-state index contributed by atoms with van der Waals surface area (Å²) in [6.07, 6.45) is 2.78. The Kier molecular flexibility index (Phi) is 2.40. The van der Waals surface area contributed by atoms with Crippen molar-refractivity contribution in [3.63, 3.8) is 0 Å². The lowest BCUT2D eigenvalue weighted by atomic mass is 10.0. The summed E-state index contributed by atoms with van der Waals surface area (Å²) < 4.78 is 0. The molecule has 0 atom stereocenters. The van der Waals surface area contributed by atoms with Gasteiger partial charge >= 0.3 is 0 Å². The zero-order valence-corrected chi connectivity index (χ0v) is 9.33. The Bertz CT molecular complexity index is 428. The van der Waals surface area contributed by atoms with Crippen LogP contribution < -0.4 is 10.2 Å². The van der Waals surface area contributed by atoms with E-state index in [1.165, 1.54) is 11.1 Å². The van der Waals surface area contributed by atoms with Gasteiger partial charge in [0.25, 0.3) is 0 Å². The molecule has 3 nitrogen and oxygen atoms in total. The lowest BCUT2D eigenvalue weighted by molar-refractivity contribution is -0.117. The summed E-state index contributed by atoms with van der Waals surface area (Å²) in [7, 11) is 0. The van der Waals surface area contributed by atoms with Gasteiger partial charge in [0.2, 0.25) is 5.91 Å². The first-order valence-electron chi connectivity index (χ1n) is 5.97. The second kappa shape index (κ2) is 3.91. The minimum Gasteiger partial charge on any atom is -0.312 e. The molecule has 16 heavy (non-hydrogen) atoms. The van der Waals surface area contributed by atoms with E-state index in [4.69, 9.17) is 0 Å². The molecule has 0 unspecified atom stereocenters. The SMILES string of the molecule is O=C1CCCN1c1ccc2c(c1)CCNC2. The maximum Gasteiger partial charge on any atom is 0.227 e. The molecular weight excluding hydrogens is 200 g/mol. The first kappa shape index (κ1) is 9.85. The molecule has 1 aromatic carbocycles. The van der Waals surface area contributed by atoms with Gasteiger partial charge in [-0.2, -0.15) is 0 Å². The van der Waals surface area contributed by atoms with E-state index in [1.54, 1.807) is 0 Å². The van der Waals surface area contributed by atoms with Crippen LogP contribution in [0.4, 0.5) is 5.69 Å². The van der Waals surface area contributed by atoms with Crippen LogP contribution in [0, 0.1) is 0 Å².